The number of hydrogen-bond acceptors (Lipinski definition) is 2. The smallest absolute Gasteiger partial charge is 0.253 e. The van der Waals surface area contributed by atoms with Gasteiger partial charge in [0.25, 0.3) is 5.91 Å². The normalized spacial score (nSPS) is 17.1. The van der Waals surface area contributed by atoms with Gasteiger partial charge in [-0.3, -0.25) is 4.79 Å². The fourth-order valence-corrected chi connectivity index (χ4v) is 1.95. The van der Waals surface area contributed by atoms with Crippen molar-refractivity contribution >= 4 is 11.6 Å². The maximum Gasteiger partial charge on any atom is 0.253 e. The monoisotopic (exact) mass is 235 g/mol. The number of amides is 1. The van der Waals surface area contributed by atoms with Crippen molar-refractivity contribution in [2.75, 3.05) is 12.4 Å². The molecule has 91 valence electrons. The van der Waals surface area contributed by atoms with Crippen molar-refractivity contribution in [3.05, 3.63) is 36.5 Å². The molecule has 0 aliphatic heterocycles. The van der Waals surface area contributed by atoms with Crippen LogP contribution in [-0.2, 0) is 0 Å². The molecule has 0 heterocycles. The number of halogens is 1. The molecule has 0 aromatic heterocycles. The van der Waals surface area contributed by atoms with Crippen LogP contribution in [0.3, 0.4) is 0 Å². The van der Waals surface area contributed by atoms with Gasteiger partial charge in [0, 0.05) is 18.3 Å². The van der Waals surface area contributed by atoms with Crippen LogP contribution in [0.1, 0.15) is 29.6 Å². The predicted molar refractivity (Wildman–Crippen MR) is 65.4 cm³/mol. The van der Waals surface area contributed by atoms with E-state index in [0.29, 0.717) is 5.69 Å². The minimum Gasteiger partial charge on any atom is -0.380 e. The Balaban J connectivity index is 2.16. The van der Waals surface area contributed by atoms with E-state index in [1.165, 1.54) is 19.2 Å². The molecule has 17 heavy (non-hydrogen) atoms. The van der Waals surface area contributed by atoms with Crippen LogP contribution in [0.5, 0.6) is 0 Å². The molecule has 4 heteroatoms. The molecule has 1 aliphatic carbocycles. The summed E-state index contributed by atoms with van der Waals surface area (Å²) in [6, 6.07) is 4.53. The predicted octanol–water partition coefficient (Wildman–Crippen LogP) is 2.35. The minimum absolute atomic E-state index is 0.0600. The zero-order valence-electron chi connectivity index (χ0n) is 9.85. The zero-order chi connectivity index (χ0) is 12.5. The Bertz CT molecular complexity index is 441. The molecular weight excluding hydrogens is 219 g/mol. The lowest BCUT2D eigenvalue weighted by atomic mass is 9.78. The SMILES string of the molecule is [CH2]C1(Nc2ccc(C(=O)NC)c(F)c2)CCC1. The Morgan fingerprint density at radius 1 is 1.47 bits per heavy atom. The number of carbonyl (C=O) groups excluding carboxylic acids is 1. The van der Waals surface area contributed by atoms with Crippen molar-refractivity contribution in [1.82, 2.24) is 5.32 Å². The summed E-state index contributed by atoms with van der Waals surface area (Å²) in [5.41, 5.74) is 0.565. The summed E-state index contributed by atoms with van der Waals surface area (Å²) in [6.07, 6.45) is 3.13. The van der Waals surface area contributed by atoms with Crippen LogP contribution in [0.15, 0.2) is 18.2 Å². The largest absolute Gasteiger partial charge is 0.380 e. The van der Waals surface area contributed by atoms with E-state index in [4.69, 9.17) is 0 Å². The summed E-state index contributed by atoms with van der Waals surface area (Å²) >= 11 is 0. The molecule has 1 aromatic rings. The Labute approximate surface area is 100 Å². The Hall–Kier alpha value is -1.58. The Morgan fingerprint density at radius 2 is 2.18 bits per heavy atom. The van der Waals surface area contributed by atoms with Gasteiger partial charge < -0.3 is 10.6 Å². The maximum atomic E-state index is 13.7. The molecule has 1 aliphatic rings. The molecule has 2 rings (SSSR count). The first-order valence-corrected chi connectivity index (χ1v) is 5.69. The molecule has 0 saturated heterocycles. The second-order valence-corrected chi connectivity index (χ2v) is 4.53. The van der Waals surface area contributed by atoms with Crippen molar-refractivity contribution < 1.29 is 9.18 Å². The molecule has 0 bridgehead atoms. The molecule has 3 nitrogen and oxygen atoms in total. The van der Waals surface area contributed by atoms with Crippen molar-refractivity contribution in [3.8, 4) is 0 Å². The van der Waals surface area contributed by atoms with Crippen LogP contribution >= 0.6 is 0 Å². The molecule has 0 unspecified atom stereocenters. The third-order valence-electron chi connectivity index (χ3n) is 3.16. The van der Waals surface area contributed by atoms with Gasteiger partial charge in [0.15, 0.2) is 0 Å². The Morgan fingerprint density at radius 3 is 2.65 bits per heavy atom. The molecule has 1 amide bonds. The molecule has 1 fully saturated rings. The number of nitrogens with one attached hydrogen (secondary N) is 2. The van der Waals surface area contributed by atoms with E-state index in [0.717, 1.165) is 19.3 Å². The average Bonchev–Trinajstić information content (AvgIpc) is 2.26. The second-order valence-electron chi connectivity index (χ2n) is 4.53. The van der Waals surface area contributed by atoms with Gasteiger partial charge in [0.05, 0.1) is 5.56 Å². The topological polar surface area (TPSA) is 41.1 Å². The summed E-state index contributed by atoms with van der Waals surface area (Å²) in [7, 11) is 1.48. The van der Waals surface area contributed by atoms with Crippen LogP contribution in [0.25, 0.3) is 0 Å². The van der Waals surface area contributed by atoms with Gasteiger partial charge in [-0.1, -0.05) is 0 Å². The van der Waals surface area contributed by atoms with E-state index in [-0.39, 0.29) is 11.1 Å². The molecule has 1 aromatic carbocycles. The van der Waals surface area contributed by atoms with E-state index in [9.17, 15) is 9.18 Å². The van der Waals surface area contributed by atoms with Gasteiger partial charge in [-0.15, -0.1) is 0 Å². The number of hydrogen-bond donors (Lipinski definition) is 2. The lowest BCUT2D eigenvalue weighted by Crippen LogP contribution is -2.42. The molecule has 2 N–H and O–H groups in total. The molecule has 0 spiro atoms. The van der Waals surface area contributed by atoms with Crippen LogP contribution in [0.2, 0.25) is 0 Å². The van der Waals surface area contributed by atoms with Crippen molar-refractivity contribution in [2.45, 2.75) is 24.8 Å². The summed E-state index contributed by atoms with van der Waals surface area (Å²) in [5, 5.41) is 5.60. The maximum absolute atomic E-state index is 13.7. The fraction of sp³-hybridized carbons (Fsp3) is 0.385. The first-order chi connectivity index (χ1) is 8.04. The van der Waals surface area contributed by atoms with E-state index in [1.54, 1.807) is 6.07 Å². The zero-order valence-corrected chi connectivity index (χ0v) is 9.85. The van der Waals surface area contributed by atoms with E-state index in [2.05, 4.69) is 17.6 Å². The van der Waals surface area contributed by atoms with Gasteiger partial charge in [0.2, 0.25) is 0 Å². The third kappa shape index (κ3) is 2.40. The van der Waals surface area contributed by atoms with E-state index >= 15 is 0 Å². The highest BCUT2D eigenvalue weighted by molar-refractivity contribution is 5.94. The third-order valence-corrected chi connectivity index (χ3v) is 3.16. The number of anilines is 1. The first kappa shape index (κ1) is 11.9. The van der Waals surface area contributed by atoms with Gasteiger partial charge in [-0.2, -0.15) is 0 Å². The lowest BCUT2D eigenvalue weighted by Gasteiger charge is -2.40. The first-order valence-electron chi connectivity index (χ1n) is 5.69. The van der Waals surface area contributed by atoms with Gasteiger partial charge in [-0.05, 0) is 44.4 Å². The van der Waals surface area contributed by atoms with Crippen molar-refractivity contribution in [2.24, 2.45) is 0 Å². The summed E-state index contributed by atoms with van der Waals surface area (Å²) in [4.78, 5) is 11.3. The summed E-state index contributed by atoms with van der Waals surface area (Å²) < 4.78 is 13.7. The minimum atomic E-state index is -0.516. The molecule has 0 atom stereocenters. The molecule has 1 saturated carbocycles. The van der Waals surface area contributed by atoms with Crippen LogP contribution < -0.4 is 10.6 Å². The average molecular weight is 235 g/mol. The van der Waals surface area contributed by atoms with Gasteiger partial charge >= 0.3 is 0 Å². The Kier molecular flexibility index (Phi) is 3.05. The van der Waals surface area contributed by atoms with Crippen molar-refractivity contribution in [1.29, 1.82) is 0 Å². The van der Waals surface area contributed by atoms with Gasteiger partial charge in [0.1, 0.15) is 5.82 Å². The van der Waals surface area contributed by atoms with E-state index in [1.807, 2.05) is 0 Å². The van der Waals surface area contributed by atoms with Gasteiger partial charge in [-0.25, -0.2) is 4.39 Å². The summed E-state index contributed by atoms with van der Waals surface area (Å²) in [6.45, 7) is 4.06. The quantitative estimate of drug-likeness (QED) is 0.844. The van der Waals surface area contributed by atoms with E-state index < -0.39 is 11.7 Å². The van der Waals surface area contributed by atoms with Crippen LogP contribution in [0.4, 0.5) is 10.1 Å². The second kappa shape index (κ2) is 4.35. The van der Waals surface area contributed by atoms with Crippen LogP contribution in [0, 0.1) is 12.7 Å². The lowest BCUT2D eigenvalue weighted by molar-refractivity contribution is 0.0959. The highest BCUT2D eigenvalue weighted by Gasteiger charge is 2.31. The fourth-order valence-electron chi connectivity index (χ4n) is 1.95. The molecule has 1 radical (unpaired) electrons. The highest BCUT2D eigenvalue weighted by atomic mass is 19.1. The van der Waals surface area contributed by atoms with Crippen molar-refractivity contribution in [3.63, 3.8) is 0 Å². The highest BCUT2D eigenvalue weighted by Crippen LogP contribution is 2.34. The van der Waals surface area contributed by atoms with Crippen LogP contribution in [-0.4, -0.2) is 18.5 Å². The molecular formula is C13H16FN2O. The number of rotatable bonds is 3. The number of carbonyl (C=O) groups is 1. The standard InChI is InChI=1S/C13H16FN2O/c1-13(6-3-7-13)16-9-4-5-10(11(14)8-9)12(17)15-2/h4-5,8,16H,1,3,6-7H2,2H3,(H,15,17). The summed E-state index contributed by atoms with van der Waals surface area (Å²) in [5.74, 6) is -0.931. The number of benzene rings is 1.